The number of rotatable bonds is 2. The van der Waals surface area contributed by atoms with Gasteiger partial charge in [-0.25, -0.2) is 0 Å². The minimum Gasteiger partial charge on any atom is -0.305 e. The smallest absolute Gasteiger partial charge is 0.138 e. The monoisotopic (exact) mass is 169 g/mol. The maximum Gasteiger partial charge on any atom is 0.138 e. The zero-order valence-electron chi connectivity index (χ0n) is 7.67. The molecule has 12 heavy (non-hydrogen) atoms. The van der Waals surface area contributed by atoms with Crippen molar-refractivity contribution >= 4 is 11.6 Å². The van der Waals surface area contributed by atoms with Crippen LogP contribution in [0, 0.1) is 5.92 Å². The van der Waals surface area contributed by atoms with Gasteiger partial charge in [0.05, 0.1) is 0 Å². The van der Waals surface area contributed by atoms with Crippen molar-refractivity contribution in [2.75, 3.05) is 20.1 Å². The van der Waals surface area contributed by atoms with Crippen LogP contribution >= 0.6 is 0 Å². The van der Waals surface area contributed by atoms with E-state index in [1.54, 1.807) is 6.92 Å². The number of ketones is 2. The van der Waals surface area contributed by atoms with Crippen LogP contribution < -0.4 is 0 Å². The Morgan fingerprint density at radius 1 is 1.67 bits per heavy atom. The molecule has 0 spiro atoms. The molecule has 0 aromatic rings. The second kappa shape index (κ2) is 3.81. The van der Waals surface area contributed by atoms with Crippen molar-refractivity contribution in [1.29, 1.82) is 0 Å². The highest BCUT2D eigenvalue weighted by Crippen LogP contribution is 2.14. The molecule has 0 saturated carbocycles. The zero-order chi connectivity index (χ0) is 9.14. The van der Waals surface area contributed by atoms with E-state index in [0.717, 1.165) is 13.1 Å². The molecule has 0 radical (unpaired) electrons. The minimum atomic E-state index is -0.0405. The summed E-state index contributed by atoms with van der Waals surface area (Å²) in [4.78, 5) is 24.2. The fourth-order valence-corrected chi connectivity index (χ4v) is 1.60. The molecule has 0 aromatic carbocycles. The first-order valence-corrected chi connectivity index (χ1v) is 4.30. The van der Waals surface area contributed by atoms with Gasteiger partial charge in [0.15, 0.2) is 0 Å². The molecule has 0 bridgehead atoms. The molecule has 3 nitrogen and oxygen atoms in total. The molecule has 1 aliphatic rings. The molecular formula is C9H15NO2. The van der Waals surface area contributed by atoms with Gasteiger partial charge in [-0.2, -0.15) is 0 Å². The fraction of sp³-hybridized carbons (Fsp3) is 0.778. The molecule has 1 fully saturated rings. The third-order valence-corrected chi connectivity index (χ3v) is 2.26. The van der Waals surface area contributed by atoms with Gasteiger partial charge in [0.1, 0.15) is 11.6 Å². The Hall–Kier alpha value is -0.700. The largest absolute Gasteiger partial charge is 0.305 e. The van der Waals surface area contributed by atoms with E-state index >= 15 is 0 Å². The Labute approximate surface area is 72.7 Å². The summed E-state index contributed by atoms with van der Waals surface area (Å²) in [5.74, 6) is 0.327. The summed E-state index contributed by atoms with van der Waals surface area (Å²) in [7, 11) is 1.99. The fourth-order valence-electron chi connectivity index (χ4n) is 1.60. The van der Waals surface area contributed by atoms with Gasteiger partial charge in [-0.05, 0) is 14.0 Å². The average Bonchev–Trinajstić information content (AvgIpc) is 1.96. The Kier molecular flexibility index (Phi) is 2.98. The molecule has 3 heteroatoms. The van der Waals surface area contributed by atoms with Gasteiger partial charge in [-0.1, -0.05) is 0 Å². The van der Waals surface area contributed by atoms with Crippen molar-refractivity contribution < 1.29 is 9.59 Å². The molecule has 1 atom stereocenters. The Morgan fingerprint density at radius 3 is 2.92 bits per heavy atom. The van der Waals surface area contributed by atoms with Crippen LogP contribution in [0.4, 0.5) is 0 Å². The van der Waals surface area contributed by atoms with E-state index in [2.05, 4.69) is 4.90 Å². The van der Waals surface area contributed by atoms with E-state index in [1.807, 2.05) is 7.05 Å². The second-order valence-electron chi connectivity index (χ2n) is 3.58. The lowest BCUT2D eigenvalue weighted by molar-refractivity contribution is -0.129. The van der Waals surface area contributed by atoms with Gasteiger partial charge in [0.2, 0.25) is 0 Å². The standard InChI is InChI=1S/C9H15NO2/c1-7(11)5-8-6-10(2)4-3-9(8)12/h8H,3-6H2,1-2H3. The van der Waals surface area contributed by atoms with E-state index < -0.39 is 0 Å². The number of nitrogens with zero attached hydrogens (tertiary/aromatic N) is 1. The third-order valence-electron chi connectivity index (χ3n) is 2.26. The minimum absolute atomic E-state index is 0.0405. The second-order valence-corrected chi connectivity index (χ2v) is 3.58. The predicted molar refractivity (Wildman–Crippen MR) is 45.9 cm³/mol. The summed E-state index contributed by atoms with van der Waals surface area (Å²) in [6.07, 6.45) is 1.03. The SMILES string of the molecule is CC(=O)CC1CN(C)CCC1=O. The molecule has 0 amide bonds. The summed E-state index contributed by atoms with van der Waals surface area (Å²) < 4.78 is 0. The van der Waals surface area contributed by atoms with Crippen molar-refractivity contribution in [3.63, 3.8) is 0 Å². The number of likely N-dealkylation sites (tertiary alicyclic amines) is 1. The first-order valence-electron chi connectivity index (χ1n) is 4.30. The summed E-state index contributed by atoms with van der Waals surface area (Å²) in [6, 6.07) is 0. The average molecular weight is 169 g/mol. The first-order chi connectivity index (χ1) is 5.59. The molecule has 68 valence electrons. The number of hydrogen-bond donors (Lipinski definition) is 0. The van der Waals surface area contributed by atoms with Crippen LogP contribution in [0.2, 0.25) is 0 Å². The molecule has 1 unspecified atom stereocenters. The van der Waals surface area contributed by atoms with Crippen molar-refractivity contribution in [3.8, 4) is 0 Å². The number of piperidine rings is 1. The van der Waals surface area contributed by atoms with E-state index in [0.29, 0.717) is 12.8 Å². The maximum atomic E-state index is 11.3. The van der Waals surface area contributed by atoms with Crippen LogP contribution in [-0.4, -0.2) is 36.6 Å². The third kappa shape index (κ3) is 2.41. The highest BCUT2D eigenvalue weighted by molar-refractivity contribution is 5.87. The Balaban J connectivity index is 2.49. The van der Waals surface area contributed by atoms with Crippen molar-refractivity contribution in [3.05, 3.63) is 0 Å². The van der Waals surface area contributed by atoms with Crippen molar-refractivity contribution in [2.45, 2.75) is 19.8 Å². The molecule has 1 saturated heterocycles. The molecule has 0 aliphatic carbocycles. The van der Waals surface area contributed by atoms with E-state index in [4.69, 9.17) is 0 Å². The molecule has 0 aromatic heterocycles. The van der Waals surface area contributed by atoms with Crippen LogP contribution in [0.3, 0.4) is 0 Å². The maximum absolute atomic E-state index is 11.3. The van der Waals surface area contributed by atoms with Gasteiger partial charge in [0.25, 0.3) is 0 Å². The van der Waals surface area contributed by atoms with Gasteiger partial charge in [-0.15, -0.1) is 0 Å². The van der Waals surface area contributed by atoms with Gasteiger partial charge < -0.3 is 9.69 Å². The topological polar surface area (TPSA) is 37.4 Å². The summed E-state index contributed by atoms with van der Waals surface area (Å²) in [6.45, 7) is 3.13. The predicted octanol–water partition coefficient (Wildman–Crippen LogP) is 0.486. The van der Waals surface area contributed by atoms with Crippen LogP contribution in [0.5, 0.6) is 0 Å². The number of carbonyl (C=O) groups excluding carboxylic acids is 2. The van der Waals surface area contributed by atoms with Crippen molar-refractivity contribution in [2.24, 2.45) is 5.92 Å². The lowest BCUT2D eigenvalue weighted by Gasteiger charge is -2.27. The summed E-state index contributed by atoms with van der Waals surface area (Å²) in [5.41, 5.74) is 0. The molecule has 1 aliphatic heterocycles. The van der Waals surface area contributed by atoms with E-state index in [-0.39, 0.29) is 17.5 Å². The van der Waals surface area contributed by atoms with Gasteiger partial charge in [-0.3, -0.25) is 4.79 Å². The molecular weight excluding hydrogens is 154 g/mol. The quantitative estimate of drug-likeness (QED) is 0.603. The first kappa shape index (κ1) is 9.39. The summed E-state index contributed by atoms with van der Waals surface area (Å²) in [5, 5.41) is 0. The lowest BCUT2D eigenvalue weighted by atomic mass is 9.92. The zero-order valence-corrected chi connectivity index (χ0v) is 7.67. The lowest BCUT2D eigenvalue weighted by Crippen LogP contribution is -2.39. The molecule has 1 heterocycles. The van der Waals surface area contributed by atoms with Crippen molar-refractivity contribution in [1.82, 2.24) is 4.90 Å². The van der Waals surface area contributed by atoms with Gasteiger partial charge in [0, 0.05) is 31.8 Å². The summed E-state index contributed by atoms with van der Waals surface area (Å²) >= 11 is 0. The van der Waals surface area contributed by atoms with E-state index in [1.165, 1.54) is 0 Å². The Bertz CT molecular complexity index is 201. The number of Topliss-reactive ketones (excluding diaryl/α,β-unsaturated/α-hetero) is 2. The highest BCUT2D eigenvalue weighted by atomic mass is 16.1. The normalized spacial score (nSPS) is 25.8. The number of carbonyl (C=O) groups is 2. The van der Waals surface area contributed by atoms with Crippen LogP contribution in [0.25, 0.3) is 0 Å². The Morgan fingerprint density at radius 2 is 2.33 bits per heavy atom. The highest BCUT2D eigenvalue weighted by Gasteiger charge is 2.25. The number of hydrogen-bond acceptors (Lipinski definition) is 3. The molecule has 1 rings (SSSR count). The van der Waals surface area contributed by atoms with E-state index in [9.17, 15) is 9.59 Å². The van der Waals surface area contributed by atoms with Gasteiger partial charge >= 0.3 is 0 Å². The van der Waals surface area contributed by atoms with Crippen LogP contribution in [-0.2, 0) is 9.59 Å². The molecule has 0 N–H and O–H groups in total. The van der Waals surface area contributed by atoms with Crippen LogP contribution in [0.1, 0.15) is 19.8 Å². The van der Waals surface area contributed by atoms with Crippen LogP contribution in [0.15, 0.2) is 0 Å².